The lowest BCUT2D eigenvalue weighted by Crippen LogP contribution is -2.32. The van der Waals surface area contributed by atoms with Gasteiger partial charge in [0.05, 0.1) is 24.5 Å². The van der Waals surface area contributed by atoms with Crippen molar-refractivity contribution in [2.24, 2.45) is 0 Å². The third-order valence-electron chi connectivity index (χ3n) is 6.17. The van der Waals surface area contributed by atoms with Crippen molar-refractivity contribution in [3.63, 3.8) is 0 Å². The van der Waals surface area contributed by atoms with Gasteiger partial charge in [0, 0.05) is 24.2 Å². The molecule has 2 aliphatic rings. The number of rotatable bonds is 4. The minimum Gasteiger partial charge on any atom is -0.497 e. The van der Waals surface area contributed by atoms with Crippen molar-refractivity contribution in [1.82, 2.24) is 0 Å². The summed E-state index contributed by atoms with van der Waals surface area (Å²) in [6.45, 7) is 0.687. The molecule has 1 N–H and O–H groups in total. The van der Waals surface area contributed by atoms with Crippen LogP contribution in [0.1, 0.15) is 36.4 Å². The summed E-state index contributed by atoms with van der Waals surface area (Å²) in [7, 11) is 1.68. The van der Waals surface area contributed by atoms with E-state index >= 15 is 0 Å². The molecule has 1 atom stereocenters. The number of methoxy groups -OCH3 is 1. The number of para-hydroxylation sites is 2. The number of ether oxygens (including phenoxy) is 1. The summed E-state index contributed by atoms with van der Waals surface area (Å²) in [6, 6.07) is 26.8. The van der Waals surface area contributed by atoms with Crippen LogP contribution in [0, 0.1) is 0 Å². The molecule has 0 unspecified atom stereocenters. The zero-order valence-electron chi connectivity index (χ0n) is 17.7. The van der Waals surface area contributed by atoms with E-state index in [0.29, 0.717) is 13.0 Å². The fourth-order valence-electron chi connectivity index (χ4n) is 4.68. The number of nitrogens with zero attached hydrogens (tertiary/aromatic N) is 1. The second-order valence-corrected chi connectivity index (χ2v) is 8.10. The molecule has 31 heavy (non-hydrogen) atoms. The van der Waals surface area contributed by atoms with E-state index < -0.39 is 0 Å². The molecular formula is C27H26N2O2. The third kappa shape index (κ3) is 3.70. The first-order valence-corrected chi connectivity index (χ1v) is 10.8. The minimum absolute atomic E-state index is 0.137. The van der Waals surface area contributed by atoms with Gasteiger partial charge in [0.25, 0.3) is 0 Å². The lowest BCUT2D eigenvalue weighted by Gasteiger charge is -2.35. The maximum Gasteiger partial charge on any atom is 0.163 e. The van der Waals surface area contributed by atoms with Crippen LogP contribution in [0.4, 0.5) is 11.4 Å². The quantitative estimate of drug-likeness (QED) is 0.584. The second-order valence-electron chi connectivity index (χ2n) is 8.10. The van der Waals surface area contributed by atoms with E-state index in [-0.39, 0.29) is 11.8 Å². The highest BCUT2D eigenvalue weighted by Crippen LogP contribution is 2.45. The van der Waals surface area contributed by atoms with Gasteiger partial charge in [-0.25, -0.2) is 0 Å². The number of allylic oxidation sites excluding steroid dienone is 1. The molecule has 0 fully saturated rings. The first kappa shape index (κ1) is 19.4. The number of fused-ring (bicyclic) bond motifs is 1. The van der Waals surface area contributed by atoms with Crippen molar-refractivity contribution in [3.8, 4) is 5.75 Å². The molecule has 1 aliphatic heterocycles. The molecular weight excluding hydrogens is 384 g/mol. The average Bonchev–Trinajstić information content (AvgIpc) is 2.95. The van der Waals surface area contributed by atoms with Gasteiger partial charge in [-0.2, -0.15) is 0 Å². The molecule has 1 heterocycles. The van der Waals surface area contributed by atoms with Crippen LogP contribution in [-0.2, 0) is 11.3 Å². The van der Waals surface area contributed by atoms with Crippen LogP contribution in [0.2, 0.25) is 0 Å². The number of carbonyl (C=O) groups excluding carboxylic acids is 1. The molecule has 0 spiro atoms. The Morgan fingerprint density at radius 2 is 1.68 bits per heavy atom. The zero-order chi connectivity index (χ0) is 21.2. The second kappa shape index (κ2) is 8.31. The maximum atomic E-state index is 13.3. The molecule has 0 radical (unpaired) electrons. The minimum atomic E-state index is -0.137. The van der Waals surface area contributed by atoms with E-state index in [4.69, 9.17) is 4.74 Å². The van der Waals surface area contributed by atoms with E-state index in [1.165, 1.54) is 5.56 Å². The Morgan fingerprint density at radius 1 is 0.935 bits per heavy atom. The Morgan fingerprint density at radius 3 is 2.45 bits per heavy atom. The van der Waals surface area contributed by atoms with Crippen molar-refractivity contribution in [2.45, 2.75) is 31.8 Å². The Hall–Kier alpha value is -3.53. The molecule has 5 rings (SSSR count). The van der Waals surface area contributed by atoms with Crippen molar-refractivity contribution < 1.29 is 9.53 Å². The SMILES string of the molecule is COc1ccc(CN2c3ccccc3NC3=C(C(=O)CCC3)[C@@H]2c2ccccc2)cc1. The molecule has 156 valence electrons. The average molecular weight is 411 g/mol. The number of hydrogen-bond acceptors (Lipinski definition) is 4. The predicted molar refractivity (Wildman–Crippen MR) is 124 cm³/mol. The highest BCUT2D eigenvalue weighted by atomic mass is 16.5. The number of ketones is 1. The van der Waals surface area contributed by atoms with Crippen molar-refractivity contribution in [3.05, 3.63) is 101 Å². The van der Waals surface area contributed by atoms with Gasteiger partial charge in [-0.05, 0) is 48.2 Å². The van der Waals surface area contributed by atoms with Crippen LogP contribution in [0.5, 0.6) is 5.75 Å². The monoisotopic (exact) mass is 410 g/mol. The normalized spacial score (nSPS) is 18.0. The molecule has 4 nitrogen and oxygen atoms in total. The fraction of sp³-hybridized carbons (Fsp3) is 0.222. The Balaban J connectivity index is 1.68. The molecule has 0 saturated heterocycles. The first-order valence-electron chi connectivity index (χ1n) is 10.8. The molecule has 0 amide bonds. The molecule has 3 aromatic rings. The van der Waals surface area contributed by atoms with Gasteiger partial charge < -0.3 is 15.0 Å². The van der Waals surface area contributed by atoms with E-state index in [0.717, 1.165) is 46.8 Å². The number of benzene rings is 3. The van der Waals surface area contributed by atoms with Crippen LogP contribution in [0.3, 0.4) is 0 Å². The van der Waals surface area contributed by atoms with Gasteiger partial charge in [-0.15, -0.1) is 0 Å². The highest BCUT2D eigenvalue weighted by Gasteiger charge is 2.36. The Labute approximate surface area is 183 Å². The van der Waals surface area contributed by atoms with Crippen LogP contribution in [-0.4, -0.2) is 12.9 Å². The molecule has 0 aromatic heterocycles. The highest BCUT2D eigenvalue weighted by molar-refractivity contribution is 6.00. The zero-order valence-corrected chi connectivity index (χ0v) is 17.7. The summed E-state index contributed by atoms with van der Waals surface area (Å²) in [6.07, 6.45) is 2.40. The summed E-state index contributed by atoms with van der Waals surface area (Å²) in [5, 5.41) is 3.62. The summed E-state index contributed by atoms with van der Waals surface area (Å²) in [5.74, 6) is 1.09. The molecule has 1 aliphatic carbocycles. The predicted octanol–water partition coefficient (Wildman–Crippen LogP) is 5.88. The van der Waals surface area contributed by atoms with Gasteiger partial charge in [0.2, 0.25) is 0 Å². The molecule has 0 saturated carbocycles. The number of Topliss-reactive ketones (excluding diaryl/α,β-unsaturated/α-hetero) is 1. The van der Waals surface area contributed by atoms with Crippen LogP contribution in [0.15, 0.2) is 90.1 Å². The first-order chi connectivity index (χ1) is 15.2. The number of anilines is 2. The summed E-state index contributed by atoms with van der Waals surface area (Å²) < 4.78 is 5.33. The van der Waals surface area contributed by atoms with E-state index in [9.17, 15) is 4.79 Å². The Bertz CT molecular complexity index is 1120. The lowest BCUT2D eigenvalue weighted by atomic mass is 9.85. The number of carbonyl (C=O) groups is 1. The lowest BCUT2D eigenvalue weighted by molar-refractivity contribution is -0.116. The molecule has 0 bridgehead atoms. The van der Waals surface area contributed by atoms with Crippen LogP contribution >= 0.6 is 0 Å². The molecule has 3 aromatic carbocycles. The van der Waals surface area contributed by atoms with Gasteiger partial charge in [-0.3, -0.25) is 4.79 Å². The maximum absolute atomic E-state index is 13.3. The van der Waals surface area contributed by atoms with E-state index in [2.05, 4.69) is 64.8 Å². The van der Waals surface area contributed by atoms with Crippen molar-refractivity contribution >= 4 is 17.2 Å². The van der Waals surface area contributed by atoms with Gasteiger partial charge in [0.1, 0.15) is 5.75 Å². The van der Waals surface area contributed by atoms with Crippen molar-refractivity contribution in [2.75, 3.05) is 17.3 Å². The van der Waals surface area contributed by atoms with Gasteiger partial charge in [0.15, 0.2) is 5.78 Å². The number of nitrogens with one attached hydrogen (secondary N) is 1. The summed E-state index contributed by atoms with van der Waals surface area (Å²) in [4.78, 5) is 15.6. The summed E-state index contributed by atoms with van der Waals surface area (Å²) in [5.41, 5.74) is 6.43. The third-order valence-corrected chi connectivity index (χ3v) is 6.17. The summed E-state index contributed by atoms with van der Waals surface area (Å²) >= 11 is 0. The topological polar surface area (TPSA) is 41.6 Å². The van der Waals surface area contributed by atoms with Crippen LogP contribution in [0.25, 0.3) is 0 Å². The fourth-order valence-corrected chi connectivity index (χ4v) is 4.68. The molecule has 4 heteroatoms. The van der Waals surface area contributed by atoms with E-state index in [1.807, 2.05) is 24.3 Å². The van der Waals surface area contributed by atoms with Gasteiger partial charge >= 0.3 is 0 Å². The Kier molecular flexibility index (Phi) is 5.21. The standard InChI is InChI=1S/C27H26N2O2/c1-31-21-16-14-19(15-17-21)18-29-24-12-6-5-10-22(24)28-23-11-7-13-25(30)26(23)27(29)20-8-3-2-4-9-20/h2-6,8-10,12,14-17,27-28H,7,11,13,18H2,1H3/t27-/m0/s1. The van der Waals surface area contributed by atoms with Gasteiger partial charge in [-0.1, -0.05) is 54.6 Å². The van der Waals surface area contributed by atoms with E-state index in [1.54, 1.807) is 7.11 Å². The number of hydrogen-bond donors (Lipinski definition) is 1. The van der Waals surface area contributed by atoms with Crippen LogP contribution < -0.4 is 15.0 Å². The largest absolute Gasteiger partial charge is 0.497 e. The van der Waals surface area contributed by atoms with Crippen molar-refractivity contribution in [1.29, 1.82) is 0 Å². The smallest absolute Gasteiger partial charge is 0.163 e.